The van der Waals surface area contributed by atoms with Gasteiger partial charge in [-0.05, 0) is 12.2 Å². The molecule has 0 aromatic carbocycles. The van der Waals surface area contributed by atoms with Gasteiger partial charge in [0.15, 0.2) is 0 Å². The quantitative estimate of drug-likeness (QED) is 0.386. The summed E-state index contributed by atoms with van der Waals surface area (Å²) in [6.45, 7) is 0. The predicted octanol–water partition coefficient (Wildman–Crippen LogP) is -0.701. The first kappa shape index (κ1) is 3.69. The minimum atomic E-state index is -0.500. The molecule has 0 saturated heterocycles. The predicted molar refractivity (Wildman–Crippen MR) is 18.9 cm³/mol. The standard InChI is InChI=1S/CH2N2S/c2-1(3)4/h(H2,2,4). The molecular weight excluding hydrogens is 72.1 g/mol. The van der Waals surface area contributed by atoms with E-state index >= 15 is 0 Å². The molecule has 3 heteroatoms. The summed E-state index contributed by atoms with van der Waals surface area (Å²) in [5, 5.41) is -0.500. The van der Waals surface area contributed by atoms with Gasteiger partial charge in [0.1, 0.15) is 0 Å². The van der Waals surface area contributed by atoms with Crippen molar-refractivity contribution in [2.24, 2.45) is 5.73 Å². The van der Waals surface area contributed by atoms with Gasteiger partial charge < -0.3 is 5.73 Å². The second-order valence-corrected chi connectivity index (χ2v) is 0.757. The maximum atomic E-state index is 7.56. The minimum absolute atomic E-state index is 0.500. The third-order valence-electron chi connectivity index (χ3n) is 0. The number of hydrogen-bond donors (Lipinski definition) is 1. The second kappa shape index (κ2) is 1.06. The fraction of sp³-hybridized carbons (Fsp3) is 0. The van der Waals surface area contributed by atoms with Crippen molar-refractivity contribution in [1.29, 1.82) is 0 Å². The van der Waals surface area contributed by atoms with Gasteiger partial charge in [-0.2, -0.15) is 0 Å². The SMILES string of the molecule is [N]C(N)=S. The summed E-state index contributed by atoms with van der Waals surface area (Å²) in [4.78, 5) is 0. The van der Waals surface area contributed by atoms with Crippen LogP contribution in [-0.2, 0) is 0 Å². The topological polar surface area (TPSA) is 48.3 Å². The maximum Gasteiger partial charge on any atom is 0.211 e. The summed E-state index contributed by atoms with van der Waals surface area (Å²) in [6, 6.07) is 0. The molecule has 0 aliphatic rings. The third-order valence-corrected chi connectivity index (χ3v) is 0. The molecule has 0 atom stereocenters. The summed E-state index contributed by atoms with van der Waals surface area (Å²) < 4.78 is 0. The van der Waals surface area contributed by atoms with Crippen molar-refractivity contribution in [1.82, 2.24) is 5.73 Å². The Morgan fingerprint density at radius 1 is 2.00 bits per heavy atom. The lowest BCUT2D eigenvalue weighted by Crippen LogP contribution is -2.06. The molecule has 0 aromatic heterocycles. The first-order chi connectivity index (χ1) is 1.73. The molecule has 0 aliphatic carbocycles. The average Bonchev–Trinajstić information content (AvgIpc) is 0.811. The molecule has 0 aliphatic heterocycles. The first-order valence-corrected chi connectivity index (χ1v) is 1.12. The smallest absolute Gasteiger partial charge is 0.211 e. The van der Waals surface area contributed by atoms with E-state index in [1.54, 1.807) is 0 Å². The minimum Gasteiger partial charge on any atom is -0.373 e. The van der Waals surface area contributed by atoms with Gasteiger partial charge in [-0.15, -0.1) is 5.73 Å². The van der Waals surface area contributed by atoms with Crippen LogP contribution in [0, 0.1) is 0 Å². The van der Waals surface area contributed by atoms with Gasteiger partial charge in [0, 0.05) is 0 Å². The molecule has 0 spiro atoms. The van der Waals surface area contributed by atoms with Crippen molar-refractivity contribution < 1.29 is 0 Å². The van der Waals surface area contributed by atoms with Gasteiger partial charge in [0.2, 0.25) is 5.11 Å². The first-order valence-electron chi connectivity index (χ1n) is 0.716. The fourth-order valence-corrected chi connectivity index (χ4v) is 0. The van der Waals surface area contributed by atoms with E-state index in [1.165, 1.54) is 0 Å². The van der Waals surface area contributed by atoms with E-state index in [-0.39, 0.29) is 0 Å². The fourth-order valence-electron chi connectivity index (χ4n) is 0. The Morgan fingerprint density at radius 2 is 2.00 bits per heavy atom. The molecular formula is CH2N2S. The lowest BCUT2D eigenvalue weighted by molar-refractivity contribution is 1.59. The normalized spacial score (nSPS) is 6.00. The zero-order valence-corrected chi connectivity index (χ0v) is 2.75. The Kier molecular flexibility index (Phi) is 0.979. The van der Waals surface area contributed by atoms with Crippen molar-refractivity contribution in [2.45, 2.75) is 0 Å². The largest absolute Gasteiger partial charge is 0.373 e. The van der Waals surface area contributed by atoms with E-state index in [2.05, 4.69) is 18.0 Å². The number of nitrogens with two attached hydrogens (primary N) is 1. The summed E-state index contributed by atoms with van der Waals surface area (Å²) in [5.74, 6) is 0. The van der Waals surface area contributed by atoms with Crippen LogP contribution in [0.4, 0.5) is 0 Å². The molecule has 4 heavy (non-hydrogen) atoms. The third kappa shape index (κ3) is 8.37. The Bertz CT molecular complexity index is 29.0. The second-order valence-electron chi connectivity index (χ2n) is 0.338. The van der Waals surface area contributed by atoms with E-state index in [9.17, 15) is 0 Å². The number of nitrogens with zero attached hydrogens (tertiary/aromatic N) is 1. The summed E-state index contributed by atoms with van der Waals surface area (Å²) in [7, 11) is 0. The molecule has 0 aromatic rings. The van der Waals surface area contributed by atoms with Gasteiger partial charge >= 0.3 is 0 Å². The number of hydrogen-bond acceptors (Lipinski definition) is 1. The van der Waals surface area contributed by atoms with Gasteiger partial charge in [-0.1, -0.05) is 0 Å². The monoisotopic (exact) mass is 74.0 g/mol. The van der Waals surface area contributed by atoms with Crippen LogP contribution in [0.25, 0.3) is 0 Å². The van der Waals surface area contributed by atoms with Crippen LogP contribution in [0.3, 0.4) is 0 Å². The van der Waals surface area contributed by atoms with Crippen LogP contribution in [0.2, 0.25) is 0 Å². The number of thiocarbonyl (C=S) groups is 1. The molecule has 22 valence electrons. The molecule has 0 amide bonds. The maximum absolute atomic E-state index is 7.56. The van der Waals surface area contributed by atoms with Crippen molar-refractivity contribution in [3.05, 3.63) is 0 Å². The van der Waals surface area contributed by atoms with E-state index in [0.29, 0.717) is 0 Å². The Hall–Kier alpha value is -0.310. The van der Waals surface area contributed by atoms with Crippen molar-refractivity contribution >= 4 is 17.3 Å². The van der Waals surface area contributed by atoms with Crippen molar-refractivity contribution in [2.75, 3.05) is 0 Å². The highest BCUT2D eigenvalue weighted by Crippen LogP contribution is 1.37. The highest BCUT2D eigenvalue weighted by molar-refractivity contribution is 7.80. The van der Waals surface area contributed by atoms with Crippen LogP contribution in [0.1, 0.15) is 0 Å². The molecule has 2 nitrogen and oxygen atoms in total. The number of rotatable bonds is 0. The van der Waals surface area contributed by atoms with Crippen LogP contribution >= 0.6 is 12.2 Å². The average molecular weight is 74.1 g/mol. The lowest BCUT2D eigenvalue weighted by Gasteiger charge is -1.60. The van der Waals surface area contributed by atoms with E-state index in [0.717, 1.165) is 0 Å². The molecule has 0 fully saturated rings. The van der Waals surface area contributed by atoms with Gasteiger partial charge in [-0.25, -0.2) is 0 Å². The van der Waals surface area contributed by atoms with Crippen LogP contribution in [-0.4, -0.2) is 5.11 Å². The highest BCUT2D eigenvalue weighted by atomic mass is 32.1. The van der Waals surface area contributed by atoms with Gasteiger partial charge in [0.05, 0.1) is 0 Å². The zero-order chi connectivity index (χ0) is 3.58. The lowest BCUT2D eigenvalue weighted by atomic mass is 11.3. The van der Waals surface area contributed by atoms with E-state index in [1.807, 2.05) is 0 Å². The highest BCUT2D eigenvalue weighted by Gasteiger charge is 1.60. The molecule has 0 rings (SSSR count). The Balaban J connectivity index is 2.80. The summed E-state index contributed by atoms with van der Waals surface area (Å²) in [6.07, 6.45) is 0. The van der Waals surface area contributed by atoms with Crippen molar-refractivity contribution in [3.63, 3.8) is 0 Å². The summed E-state index contributed by atoms with van der Waals surface area (Å²) >= 11 is 3.87. The molecule has 0 unspecified atom stereocenters. The van der Waals surface area contributed by atoms with Crippen LogP contribution < -0.4 is 11.5 Å². The molecule has 0 heterocycles. The Morgan fingerprint density at radius 3 is 2.00 bits per heavy atom. The van der Waals surface area contributed by atoms with Crippen LogP contribution in [0.15, 0.2) is 0 Å². The zero-order valence-electron chi connectivity index (χ0n) is 1.93. The van der Waals surface area contributed by atoms with Gasteiger partial charge in [0.25, 0.3) is 0 Å². The van der Waals surface area contributed by atoms with E-state index in [4.69, 9.17) is 5.73 Å². The molecule has 2 radical (unpaired) electrons. The Labute approximate surface area is 29.8 Å². The molecule has 0 bridgehead atoms. The van der Waals surface area contributed by atoms with Crippen LogP contribution in [0.5, 0.6) is 0 Å². The molecule has 0 saturated carbocycles. The van der Waals surface area contributed by atoms with E-state index < -0.39 is 5.11 Å². The summed E-state index contributed by atoms with van der Waals surface area (Å²) in [5.41, 5.74) is 12.0. The van der Waals surface area contributed by atoms with Gasteiger partial charge in [-0.3, -0.25) is 0 Å². The molecule has 2 N–H and O–H groups in total. The van der Waals surface area contributed by atoms with Crippen molar-refractivity contribution in [3.8, 4) is 0 Å².